The van der Waals surface area contributed by atoms with Crippen molar-refractivity contribution < 1.29 is 18.0 Å². The molecule has 8 heteroatoms. The van der Waals surface area contributed by atoms with Crippen molar-refractivity contribution in [1.82, 2.24) is 10.2 Å². The van der Waals surface area contributed by atoms with E-state index in [9.17, 15) is 18.0 Å². The van der Waals surface area contributed by atoms with E-state index in [1.807, 2.05) is 4.90 Å². The number of likely N-dealkylation sites (N-methyl/N-ethyl adjacent to an activating group) is 1. The number of carbonyl (C=O) groups excluding carboxylic acids is 1. The highest BCUT2D eigenvalue weighted by Crippen LogP contribution is 2.30. The number of halogens is 4. The molecule has 1 amide bonds. The molecule has 124 valence electrons. The van der Waals surface area contributed by atoms with Crippen LogP contribution in [0, 0.1) is 0 Å². The molecule has 0 unspecified atom stereocenters. The summed E-state index contributed by atoms with van der Waals surface area (Å²) in [6, 6.07) is 5.14. The second-order valence-electron chi connectivity index (χ2n) is 4.94. The number of piperazine rings is 1. The van der Waals surface area contributed by atoms with Crippen LogP contribution in [0.2, 0.25) is 0 Å². The van der Waals surface area contributed by atoms with Gasteiger partial charge in [-0.05, 0) is 31.3 Å². The average Bonchev–Trinajstić information content (AvgIpc) is 2.47. The van der Waals surface area contributed by atoms with E-state index in [-0.39, 0.29) is 18.3 Å². The average molecular weight is 338 g/mol. The minimum absolute atomic E-state index is 0. The molecule has 0 radical (unpaired) electrons. The quantitative estimate of drug-likeness (QED) is 0.916. The lowest BCUT2D eigenvalue weighted by Gasteiger charge is -2.36. The van der Waals surface area contributed by atoms with Crippen LogP contribution in [0.15, 0.2) is 24.3 Å². The maximum atomic E-state index is 12.5. The highest BCUT2D eigenvalue weighted by Gasteiger charge is 2.30. The summed E-state index contributed by atoms with van der Waals surface area (Å²) in [5.74, 6) is 0.0459. The third-order valence-corrected chi connectivity index (χ3v) is 3.52. The molecule has 1 saturated heterocycles. The van der Waals surface area contributed by atoms with Crippen molar-refractivity contribution in [3.8, 4) is 0 Å². The number of hydrogen-bond donors (Lipinski definition) is 1. The summed E-state index contributed by atoms with van der Waals surface area (Å²) in [4.78, 5) is 15.5. The van der Waals surface area contributed by atoms with Crippen LogP contribution in [0.3, 0.4) is 0 Å². The Morgan fingerprint density at radius 3 is 2.14 bits per heavy atom. The van der Waals surface area contributed by atoms with Gasteiger partial charge in [0.05, 0.1) is 12.1 Å². The normalized spacial score (nSPS) is 15.5. The van der Waals surface area contributed by atoms with E-state index < -0.39 is 11.7 Å². The SMILES string of the molecule is CNCC(=O)N1CCN(c2ccc(C(F)(F)F)cc2)CC1.Cl. The van der Waals surface area contributed by atoms with Gasteiger partial charge < -0.3 is 15.1 Å². The van der Waals surface area contributed by atoms with Crippen LogP contribution in [0.5, 0.6) is 0 Å². The van der Waals surface area contributed by atoms with Crippen molar-refractivity contribution in [2.45, 2.75) is 6.18 Å². The summed E-state index contributed by atoms with van der Waals surface area (Å²) in [5, 5.41) is 2.82. The zero-order chi connectivity index (χ0) is 15.5. The first kappa shape index (κ1) is 18.6. The summed E-state index contributed by atoms with van der Waals surface area (Å²) in [6.45, 7) is 2.73. The lowest BCUT2D eigenvalue weighted by molar-refractivity contribution is -0.137. The fourth-order valence-electron chi connectivity index (χ4n) is 2.34. The molecule has 1 aliphatic heterocycles. The van der Waals surface area contributed by atoms with E-state index in [0.29, 0.717) is 32.7 Å². The maximum Gasteiger partial charge on any atom is 0.416 e. The monoisotopic (exact) mass is 337 g/mol. The van der Waals surface area contributed by atoms with E-state index in [2.05, 4.69) is 5.32 Å². The number of amides is 1. The van der Waals surface area contributed by atoms with E-state index in [1.165, 1.54) is 12.1 Å². The zero-order valence-electron chi connectivity index (χ0n) is 12.2. The number of alkyl halides is 3. The van der Waals surface area contributed by atoms with Crippen molar-refractivity contribution in [2.75, 3.05) is 44.7 Å². The standard InChI is InChI=1S/C14H18F3N3O.ClH/c1-18-10-13(21)20-8-6-19(7-9-20)12-4-2-11(3-5-12)14(15,16)17;/h2-5,18H,6-10H2,1H3;1H. The first-order valence-electron chi connectivity index (χ1n) is 6.76. The topological polar surface area (TPSA) is 35.6 Å². The minimum Gasteiger partial charge on any atom is -0.368 e. The first-order chi connectivity index (χ1) is 9.91. The zero-order valence-corrected chi connectivity index (χ0v) is 13.0. The molecule has 1 heterocycles. The number of nitrogens with one attached hydrogen (secondary N) is 1. The van der Waals surface area contributed by atoms with Gasteiger partial charge in [-0.2, -0.15) is 13.2 Å². The molecule has 1 aromatic carbocycles. The number of benzene rings is 1. The minimum atomic E-state index is -4.31. The van der Waals surface area contributed by atoms with Gasteiger partial charge >= 0.3 is 6.18 Å². The molecule has 2 rings (SSSR count). The van der Waals surface area contributed by atoms with Crippen LogP contribution >= 0.6 is 12.4 Å². The lowest BCUT2D eigenvalue weighted by Crippen LogP contribution is -2.50. The van der Waals surface area contributed by atoms with Gasteiger partial charge in [0.15, 0.2) is 0 Å². The smallest absolute Gasteiger partial charge is 0.368 e. The second-order valence-corrected chi connectivity index (χ2v) is 4.94. The fourth-order valence-corrected chi connectivity index (χ4v) is 2.34. The molecule has 1 fully saturated rings. The Balaban J connectivity index is 0.00000242. The molecule has 0 atom stereocenters. The summed E-state index contributed by atoms with van der Waals surface area (Å²) in [5.41, 5.74) is 0.109. The fraction of sp³-hybridized carbons (Fsp3) is 0.500. The predicted octanol–water partition coefficient (Wildman–Crippen LogP) is 2.00. The number of hydrogen-bond acceptors (Lipinski definition) is 3. The van der Waals surface area contributed by atoms with Crippen LogP contribution < -0.4 is 10.2 Å². The van der Waals surface area contributed by atoms with E-state index >= 15 is 0 Å². The number of nitrogens with zero attached hydrogens (tertiary/aromatic N) is 2. The van der Waals surface area contributed by atoms with Crippen molar-refractivity contribution in [1.29, 1.82) is 0 Å². The van der Waals surface area contributed by atoms with Crippen molar-refractivity contribution in [2.24, 2.45) is 0 Å². The second kappa shape index (κ2) is 7.69. The Bertz CT molecular complexity index is 485. The first-order valence-corrected chi connectivity index (χ1v) is 6.76. The van der Waals surface area contributed by atoms with E-state index in [4.69, 9.17) is 0 Å². The third kappa shape index (κ3) is 4.51. The molecule has 0 spiro atoms. The van der Waals surface area contributed by atoms with Gasteiger partial charge in [0.2, 0.25) is 5.91 Å². The molecule has 4 nitrogen and oxygen atoms in total. The molecular formula is C14H19ClF3N3O. The lowest BCUT2D eigenvalue weighted by atomic mass is 10.1. The van der Waals surface area contributed by atoms with Gasteiger partial charge in [-0.1, -0.05) is 0 Å². The summed E-state index contributed by atoms with van der Waals surface area (Å²) < 4.78 is 37.5. The predicted molar refractivity (Wildman–Crippen MR) is 81.4 cm³/mol. The van der Waals surface area contributed by atoms with Gasteiger partial charge in [-0.15, -0.1) is 12.4 Å². The highest BCUT2D eigenvalue weighted by molar-refractivity contribution is 5.85. The Kier molecular flexibility index (Phi) is 6.49. The summed E-state index contributed by atoms with van der Waals surface area (Å²) in [6.07, 6.45) is -4.31. The van der Waals surface area contributed by atoms with Crippen molar-refractivity contribution in [3.63, 3.8) is 0 Å². The van der Waals surface area contributed by atoms with Crippen molar-refractivity contribution >= 4 is 24.0 Å². The van der Waals surface area contributed by atoms with Crippen LogP contribution in [0.4, 0.5) is 18.9 Å². The van der Waals surface area contributed by atoms with Crippen LogP contribution in [0.25, 0.3) is 0 Å². The maximum absolute atomic E-state index is 12.5. The third-order valence-electron chi connectivity index (χ3n) is 3.52. The molecule has 0 aliphatic carbocycles. The van der Waals surface area contributed by atoms with Gasteiger partial charge in [-0.3, -0.25) is 4.79 Å². The molecular weight excluding hydrogens is 319 g/mol. The van der Waals surface area contributed by atoms with Gasteiger partial charge in [0, 0.05) is 31.9 Å². The van der Waals surface area contributed by atoms with E-state index in [0.717, 1.165) is 17.8 Å². The molecule has 1 aromatic rings. The molecule has 1 aliphatic rings. The van der Waals surface area contributed by atoms with Gasteiger partial charge in [0.1, 0.15) is 0 Å². The van der Waals surface area contributed by atoms with Crippen LogP contribution in [-0.2, 0) is 11.0 Å². The molecule has 22 heavy (non-hydrogen) atoms. The van der Waals surface area contributed by atoms with Crippen LogP contribution in [-0.4, -0.2) is 50.6 Å². The summed E-state index contributed by atoms with van der Waals surface area (Å²) in [7, 11) is 1.72. The van der Waals surface area contributed by atoms with Crippen LogP contribution in [0.1, 0.15) is 5.56 Å². The molecule has 0 bridgehead atoms. The largest absolute Gasteiger partial charge is 0.416 e. The van der Waals surface area contributed by atoms with Gasteiger partial charge in [0.25, 0.3) is 0 Å². The Morgan fingerprint density at radius 2 is 1.68 bits per heavy atom. The number of rotatable bonds is 3. The van der Waals surface area contributed by atoms with E-state index in [1.54, 1.807) is 11.9 Å². The molecule has 0 aromatic heterocycles. The Morgan fingerprint density at radius 1 is 1.14 bits per heavy atom. The highest BCUT2D eigenvalue weighted by atomic mass is 35.5. The Hall–Kier alpha value is -1.47. The number of carbonyl (C=O) groups is 1. The molecule has 0 saturated carbocycles. The summed E-state index contributed by atoms with van der Waals surface area (Å²) >= 11 is 0. The molecule has 1 N–H and O–H groups in total. The number of anilines is 1. The Labute approximate surface area is 133 Å². The van der Waals surface area contributed by atoms with Crippen molar-refractivity contribution in [3.05, 3.63) is 29.8 Å². The van der Waals surface area contributed by atoms with Gasteiger partial charge in [-0.25, -0.2) is 0 Å².